The Morgan fingerprint density at radius 3 is 2.50 bits per heavy atom. The summed E-state index contributed by atoms with van der Waals surface area (Å²) in [6, 6.07) is 1.61. The van der Waals surface area contributed by atoms with Gasteiger partial charge in [-0.3, -0.25) is 4.79 Å². The van der Waals surface area contributed by atoms with Gasteiger partial charge in [0.25, 0.3) is 0 Å². The van der Waals surface area contributed by atoms with Gasteiger partial charge in [-0.25, -0.2) is 9.78 Å². The molecular formula is C15H20BN3O3. The highest BCUT2D eigenvalue weighted by Gasteiger charge is 2.27. The lowest BCUT2D eigenvalue weighted by atomic mass is 9.97. The number of pyridine rings is 1. The maximum Gasteiger partial charge on any atom is 0.410 e. The topological polar surface area (TPSA) is 62.7 Å². The van der Waals surface area contributed by atoms with Crippen LogP contribution in [0.15, 0.2) is 12.3 Å². The molecule has 2 radical (unpaired) electrons. The second kappa shape index (κ2) is 6.38. The molecule has 2 heterocycles. The van der Waals surface area contributed by atoms with Crippen LogP contribution in [0.3, 0.4) is 0 Å². The highest BCUT2D eigenvalue weighted by atomic mass is 16.6. The third-order valence-corrected chi connectivity index (χ3v) is 3.27. The summed E-state index contributed by atoms with van der Waals surface area (Å²) in [6.07, 6.45) is 1.97. The molecule has 1 amide bonds. The SMILES string of the molecule is [B]c1cnc(N2CCN(C(=O)OC(C)(C)C)CC2)c(C=O)c1. The van der Waals surface area contributed by atoms with Crippen LogP contribution in [0.25, 0.3) is 0 Å². The molecule has 0 unspecified atom stereocenters. The van der Waals surface area contributed by atoms with Crippen molar-refractivity contribution in [3.8, 4) is 0 Å². The fourth-order valence-electron chi connectivity index (χ4n) is 2.27. The van der Waals surface area contributed by atoms with Crippen LogP contribution in [0.2, 0.25) is 0 Å². The Hall–Kier alpha value is -2.05. The zero-order valence-electron chi connectivity index (χ0n) is 13.2. The molecule has 1 aliphatic rings. The van der Waals surface area contributed by atoms with Crippen LogP contribution in [-0.4, -0.2) is 61.9 Å². The predicted molar refractivity (Wildman–Crippen MR) is 85.0 cm³/mol. The molecule has 0 N–H and O–H groups in total. The zero-order valence-corrected chi connectivity index (χ0v) is 13.2. The predicted octanol–water partition coefficient (Wildman–Crippen LogP) is 0.745. The molecule has 0 aromatic carbocycles. The van der Waals surface area contributed by atoms with E-state index in [1.807, 2.05) is 25.7 Å². The standard InChI is InChI=1S/C15H20BN3O3/c1-15(2,3)22-14(21)19-6-4-18(5-7-19)13-11(10-20)8-12(16)9-17-13/h8-10H,4-7H2,1-3H3. The van der Waals surface area contributed by atoms with Gasteiger partial charge in [0.1, 0.15) is 19.3 Å². The van der Waals surface area contributed by atoms with Crippen LogP contribution >= 0.6 is 0 Å². The normalized spacial score (nSPS) is 15.6. The summed E-state index contributed by atoms with van der Waals surface area (Å²) in [6.45, 7) is 7.77. The van der Waals surface area contributed by atoms with Crippen molar-refractivity contribution >= 4 is 31.5 Å². The molecule has 1 saturated heterocycles. The van der Waals surface area contributed by atoms with Crippen molar-refractivity contribution in [2.45, 2.75) is 26.4 Å². The van der Waals surface area contributed by atoms with Gasteiger partial charge >= 0.3 is 6.09 Å². The molecule has 22 heavy (non-hydrogen) atoms. The molecule has 2 rings (SSSR count). The van der Waals surface area contributed by atoms with Crippen LogP contribution in [0.5, 0.6) is 0 Å². The van der Waals surface area contributed by atoms with Gasteiger partial charge in [0.2, 0.25) is 0 Å². The smallest absolute Gasteiger partial charge is 0.410 e. The van der Waals surface area contributed by atoms with Gasteiger partial charge in [-0.15, -0.1) is 0 Å². The molecule has 6 nitrogen and oxygen atoms in total. The first kappa shape index (κ1) is 16.3. The fourth-order valence-corrected chi connectivity index (χ4v) is 2.27. The van der Waals surface area contributed by atoms with E-state index >= 15 is 0 Å². The van der Waals surface area contributed by atoms with Crippen molar-refractivity contribution in [3.05, 3.63) is 17.8 Å². The van der Waals surface area contributed by atoms with E-state index in [9.17, 15) is 9.59 Å². The highest BCUT2D eigenvalue weighted by Crippen LogP contribution is 2.18. The van der Waals surface area contributed by atoms with Crippen LogP contribution in [0, 0.1) is 0 Å². The van der Waals surface area contributed by atoms with Crippen molar-refractivity contribution in [1.82, 2.24) is 9.88 Å². The summed E-state index contributed by atoms with van der Waals surface area (Å²) in [5.74, 6) is 0.605. The number of hydrogen-bond acceptors (Lipinski definition) is 5. The van der Waals surface area contributed by atoms with Crippen LogP contribution in [0.4, 0.5) is 10.6 Å². The second-order valence-corrected chi connectivity index (χ2v) is 6.25. The van der Waals surface area contributed by atoms with Crippen molar-refractivity contribution in [1.29, 1.82) is 0 Å². The first-order valence-electron chi connectivity index (χ1n) is 7.24. The summed E-state index contributed by atoms with van der Waals surface area (Å²) < 4.78 is 5.36. The highest BCUT2D eigenvalue weighted by molar-refractivity contribution is 6.32. The Kier molecular flexibility index (Phi) is 4.73. The molecule has 0 atom stereocenters. The molecule has 0 saturated carbocycles. The number of rotatable bonds is 2. The Morgan fingerprint density at radius 2 is 1.95 bits per heavy atom. The lowest BCUT2D eigenvalue weighted by Gasteiger charge is -2.36. The molecule has 116 valence electrons. The van der Waals surface area contributed by atoms with E-state index in [1.54, 1.807) is 11.0 Å². The summed E-state index contributed by atoms with van der Waals surface area (Å²) in [5, 5.41) is 0. The van der Waals surface area contributed by atoms with E-state index in [-0.39, 0.29) is 6.09 Å². The molecule has 7 heteroatoms. The molecule has 0 aliphatic carbocycles. The minimum atomic E-state index is -0.503. The summed E-state index contributed by atoms with van der Waals surface area (Å²) in [4.78, 5) is 31.0. The number of amides is 1. The zero-order chi connectivity index (χ0) is 16.3. The molecular weight excluding hydrogens is 281 g/mol. The van der Waals surface area contributed by atoms with Crippen molar-refractivity contribution < 1.29 is 14.3 Å². The quantitative estimate of drug-likeness (QED) is 0.596. The Morgan fingerprint density at radius 1 is 1.32 bits per heavy atom. The van der Waals surface area contributed by atoms with Gasteiger partial charge in [0, 0.05) is 32.4 Å². The molecule has 1 aromatic rings. The summed E-state index contributed by atoms with van der Waals surface area (Å²) >= 11 is 0. The van der Waals surface area contributed by atoms with Gasteiger partial charge in [0.15, 0.2) is 6.29 Å². The van der Waals surface area contributed by atoms with E-state index in [2.05, 4.69) is 4.98 Å². The fraction of sp³-hybridized carbons (Fsp3) is 0.533. The Labute approximate surface area is 131 Å². The van der Waals surface area contributed by atoms with Gasteiger partial charge < -0.3 is 14.5 Å². The number of carbonyl (C=O) groups is 2. The minimum absolute atomic E-state index is 0.312. The molecule has 0 spiro atoms. The van der Waals surface area contributed by atoms with Gasteiger partial charge in [-0.2, -0.15) is 0 Å². The number of aromatic nitrogens is 1. The van der Waals surface area contributed by atoms with Crippen LogP contribution < -0.4 is 10.4 Å². The maximum absolute atomic E-state index is 12.0. The van der Waals surface area contributed by atoms with Gasteiger partial charge in [-0.05, 0) is 20.8 Å². The first-order valence-corrected chi connectivity index (χ1v) is 7.24. The minimum Gasteiger partial charge on any atom is -0.444 e. The van der Waals surface area contributed by atoms with E-state index in [4.69, 9.17) is 12.6 Å². The van der Waals surface area contributed by atoms with E-state index < -0.39 is 5.60 Å². The number of carbonyl (C=O) groups excluding carboxylic acids is 2. The lowest BCUT2D eigenvalue weighted by molar-refractivity contribution is 0.0240. The average Bonchev–Trinajstić information content (AvgIpc) is 2.45. The van der Waals surface area contributed by atoms with Crippen LogP contribution in [-0.2, 0) is 4.74 Å². The second-order valence-electron chi connectivity index (χ2n) is 6.25. The summed E-state index contributed by atoms with van der Waals surface area (Å²) in [7, 11) is 5.64. The number of anilines is 1. The number of ether oxygens (including phenoxy) is 1. The monoisotopic (exact) mass is 301 g/mol. The van der Waals surface area contributed by atoms with Crippen molar-refractivity contribution in [2.24, 2.45) is 0 Å². The summed E-state index contributed by atoms with van der Waals surface area (Å²) in [5.41, 5.74) is 0.418. The molecule has 0 bridgehead atoms. The third-order valence-electron chi connectivity index (χ3n) is 3.27. The van der Waals surface area contributed by atoms with E-state index in [1.165, 1.54) is 6.20 Å². The largest absolute Gasteiger partial charge is 0.444 e. The van der Waals surface area contributed by atoms with E-state index in [0.717, 1.165) is 6.29 Å². The molecule has 1 fully saturated rings. The van der Waals surface area contributed by atoms with Gasteiger partial charge in [-0.1, -0.05) is 11.5 Å². The number of piperazine rings is 1. The Bertz CT molecular complexity index is 564. The third kappa shape index (κ3) is 3.99. The Balaban J connectivity index is 2.01. The number of aldehydes is 1. The first-order chi connectivity index (χ1) is 10.3. The number of hydrogen-bond donors (Lipinski definition) is 0. The maximum atomic E-state index is 12.0. The molecule has 1 aromatic heterocycles. The van der Waals surface area contributed by atoms with Crippen molar-refractivity contribution in [2.75, 3.05) is 31.1 Å². The van der Waals surface area contributed by atoms with Gasteiger partial charge in [0.05, 0.1) is 5.56 Å². The van der Waals surface area contributed by atoms with Crippen molar-refractivity contribution in [3.63, 3.8) is 0 Å². The average molecular weight is 301 g/mol. The molecule has 1 aliphatic heterocycles. The lowest BCUT2D eigenvalue weighted by Crippen LogP contribution is -2.50. The van der Waals surface area contributed by atoms with Crippen LogP contribution in [0.1, 0.15) is 31.1 Å². The number of nitrogens with zero attached hydrogens (tertiary/aromatic N) is 3. The van der Waals surface area contributed by atoms with E-state index in [0.29, 0.717) is 43.0 Å².